The van der Waals surface area contributed by atoms with Crippen molar-refractivity contribution in [2.24, 2.45) is 0 Å². The van der Waals surface area contributed by atoms with Crippen molar-refractivity contribution in [3.63, 3.8) is 0 Å². The molecule has 2 aromatic carbocycles. The molecule has 1 fully saturated rings. The Kier molecular flexibility index (Phi) is 4.88. The average molecular weight is 385 g/mol. The largest absolute Gasteiger partial charge is 0.501 e. The van der Waals surface area contributed by atoms with Crippen LogP contribution < -0.4 is 9.64 Å². The van der Waals surface area contributed by atoms with E-state index < -0.39 is 20.2 Å². The first-order valence-corrected chi connectivity index (χ1v) is 9.51. The minimum atomic E-state index is -5.39. The highest BCUT2D eigenvalue weighted by Crippen LogP contribution is 2.39. The molecule has 4 nitrogen and oxygen atoms in total. The molecule has 0 aromatic heterocycles. The molecular formula is C18H18F3NO3S. The van der Waals surface area contributed by atoms with Crippen LogP contribution in [-0.4, -0.2) is 34.1 Å². The van der Waals surface area contributed by atoms with Gasteiger partial charge in [0, 0.05) is 19.0 Å². The Morgan fingerprint density at radius 3 is 2.35 bits per heavy atom. The normalized spacial score (nSPS) is 18.2. The van der Waals surface area contributed by atoms with Gasteiger partial charge in [-0.05, 0) is 36.2 Å². The number of halogens is 3. The lowest BCUT2D eigenvalue weighted by Crippen LogP contribution is -2.27. The predicted molar refractivity (Wildman–Crippen MR) is 92.2 cm³/mol. The van der Waals surface area contributed by atoms with Crippen LogP contribution in [0.5, 0.6) is 5.75 Å². The standard InChI is InChI=1S/C18H18F3NO3S/c1-25-15-8-6-13(7-9-15)14-10-11-22(12-14)16-4-2-3-5-17(16)26(23,24)18(19,20)21/h2-9,14H,10-12H2,1H3. The van der Waals surface area contributed by atoms with Gasteiger partial charge in [0.05, 0.1) is 17.7 Å². The van der Waals surface area contributed by atoms with E-state index in [1.807, 2.05) is 24.3 Å². The molecule has 1 saturated heterocycles. The number of methoxy groups -OCH3 is 1. The van der Waals surface area contributed by atoms with E-state index in [0.29, 0.717) is 13.1 Å². The average Bonchev–Trinajstić information content (AvgIpc) is 3.11. The van der Waals surface area contributed by atoms with Gasteiger partial charge in [-0.1, -0.05) is 24.3 Å². The minimum absolute atomic E-state index is 0.0980. The quantitative estimate of drug-likeness (QED) is 0.799. The number of para-hydroxylation sites is 1. The Morgan fingerprint density at radius 1 is 1.08 bits per heavy atom. The topological polar surface area (TPSA) is 46.6 Å². The zero-order valence-electron chi connectivity index (χ0n) is 14.0. The second kappa shape index (κ2) is 6.83. The van der Waals surface area contributed by atoms with Gasteiger partial charge in [0.2, 0.25) is 0 Å². The molecule has 0 amide bonds. The van der Waals surface area contributed by atoms with Gasteiger partial charge >= 0.3 is 5.51 Å². The first-order valence-electron chi connectivity index (χ1n) is 8.03. The lowest BCUT2D eigenvalue weighted by Gasteiger charge is -2.22. The fourth-order valence-electron chi connectivity index (χ4n) is 3.20. The van der Waals surface area contributed by atoms with E-state index in [9.17, 15) is 21.6 Å². The van der Waals surface area contributed by atoms with Crippen LogP contribution >= 0.6 is 0 Å². The monoisotopic (exact) mass is 385 g/mol. The molecule has 1 atom stereocenters. The summed E-state index contributed by atoms with van der Waals surface area (Å²) in [7, 11) is -3.82. The zero-order valence-corrected chi connectivity index (χ0v) is 14.8. The van der Waals surface area contributed by atoms with Crippen LogP contribution in [0.25, 0.3) is 0 Å². The third-order valence-electron chi connectivity index (χ3n) is 4.58. The SMILES string of the molecule is COc1ccc(C2CCN(c3ccccc3S(=O)(=O)C(F)(F)F)C2)cc1. The second-order valence-corrected chi connectivity index (χ2v) is 8.03. The summed E-state index contributed by atoms with van der Waals surface area (Å²) in [5, 5.41) is 0. The summed E-state index contributed by atoms with van der Waals surface area (Å²) >= 11 is 0. The van der Waals surface area contributed by atoms with Crippen molar-refractivity contribution in [1.82, 2.24) is 0 Å². The molecule has 26 heavy (non-hydrogen) atoms. The Bertz CT molecular complexity index is 879. The molecule has 1 aliphatic heterocycles. The number of nitrogens with zero attached hydrogens (tertiary/aromatic N) is 1. The van der Waals surface area contributed by atoms with E-state index in [4.69, 9.17) is 4.74 Å². The van der Waals surface area contributed by atoms with Crippen LogP contribution in [-0.2, 0) is 9.84 Å². The number of alkyl halides is 3. The molecule has 1 unspecified atom stereocenters. The summed E-state index contributed by atoms with van der Waals surface area (Å²) in [5.74, 6) is 0.841. The molecule has 1 heterocycles. The Balaban J connectivity index is 1.88. The molecule has 0 saturated carbocycles. The number of benzene rings is 2. The van der Waals surface area contributed by atoms with E-state index in [2.05, 4.69) is 0 Å². The van der Waals surface area contributed by atoms with E-state index in [0.717, 1.165) is 23.8 Å². The van der Waals surface area contributed by atoms with Gasteiger partial charge in [-0.2, -0.15) is 13.2 Å². The number of rotatable bonds is 4. The summed E-state index contributed by atoms with van der Waals surface area (Å²) in [6, 6.07) is 12.8. The number of anilines is 1. The second-order valence-electron chi connectivity index (χ2n) is 6.12. The van der Waals surface area contributed by atoms with Gasteiger partial charge in [0.15, 0.2) is 0 Å². The van der Waals surface area contributed by atoms with Crippen LogP contribution in [0.15, 0.2) is 53.4 Å². The van der Waals surface area contributed by atoms with Gasteiger partial charge in [-0.25, -0.2) is 8.42 Å². The highest BCUT2D eigenvalue weighted by Gasteiger charge is 2.48. The van der Waals surface area contributed by atoms with Crippen LogP contribution in [0.4, 0.5) is 18.9 Å². The fraction of sp³-hybridized carbons (Fsp3) is 0.333. The highest BCUT2D eigenvalue weighted by atomic mass is 32.2. The number of hydrogen-bond donors (Lipinski definition) is 0. The van der Waals surface area contributed by atoms with Crippen molar-refractivity contribution in [1.29, 1.82) is 0 Å². The number of sulfone groups is 1. The molecule has 140 valence electrons. The molecule has 8 heteroatoms. The number of ether oxygens (including phenoxy) is 1. The van der Waals surface area contributed by atoms with E-state index in [-0.39, 0.29) is 11.6 Å². The van der Waals surface area contributed by atoms with E-state index >= 15 is 0 Å². The predicted octanol–water partition coefficient (Wildman–Crippen LogP) is 3.98. The third-order valence-corrected chi connectivity index (χ3v) is 6.11. The summed E-state index contributed by atoms with van der Waals surface area (Å²) < 4.78 is 67.8. The molecule has 0 bridgehead atoms. The first-order chi connectivity index (χ1) is 12.2. The van der Waals surface area contributed by atoms with Crippen LogP contribution in [0.1, 0.15) is 17.9 Å². The van der Waals surface area contributed by atoms with Crippen molar-refractivity contribution in [2.75, 3.05) is 25.1 Å². The van der Waals surface area contributed by atoms with Crippen LogP contribution in [0.2, 0.25) is 0 Å². The van der Waals surface area contributed by atoms with Crippen LogP contribution in [0.3, 0.4) is 0 Å². The Hall–Kier alpha value is -2.22. The van der Waals surface area contributed by atoms with Gasteiger partial charge in [-0.15, -0.1) is 0 Å². The highest BCUT2D eigenvalue weighted by molar-refractivity contribution is 7.92. The summed E-state index contributed by atoms with van der Waals surface area (Å²) in [4.78, 5) is 1.01. The first kappa shape index (κ1) is 18.6. The minimum Gasteiger partial charge on any atom is -0.497 e. The van der Waals surface area contributed by atoms with Gasteiger partial charge < -0.3 is 9.64 Å². The maximum absolute atomic E-state index is 13.0. The Labute approximate surface area is 150 Å². The molecule has 0 spiro atoms. The molecule has 0 N–H and O–H groups in total. The Morgan fingerprint density at radius 2 is 1.73 bits per heavy atom. The lowest BCUT2D eigenvalue weighted by atomic mass is 9.98. The van der Waals surface area contributed by atoms with Crippen molar-refractivity contribution >= 4 is 15.5 Å². The number of hydrogen-bond acceptors (Lipinski definition) is 4. The van der Waals surface area contributed by atoms with Crippen molar-refractivity contribution in [3.8, 4) is 5.75 Å². The lowest BCUT2D eigenvalue weighted by molar-refractivity contribution is -0.0435. The van der Waals surface area contributed by atoms with Gasteiger partial charge in [-0.3, -0.25) is 0 Å². The van der Waals surface area contributed by atoms with E-state index in [1.165, 1.54) is 12.1 Å². The fourth-order valence-corrected chi connectivity index (χ4v) is 4.18. The summed E-state index contributed by atoms with van der Waals surface area (Å²) in [6.07, 6.45) is 0.729. The maximum atomic E-state index is 13.0. The van der Waals surface area contributed by atoms with E-state index in [1.54, 1.807) is 18.1 Å². The van der Waals surface area contributed by atoms with Crippen molar-refractivity contribution in [3.05, 3.63) is 54.1 Å². The van der Waals surface area contributed by atoms with Gasteiger partial charge in [0.25, 0.3) is 9.84 Å². The smallest absolute Gasteiger partial charge is 0.497 e. The van der Waals surface area contributed by atoms with Crippen molar-refractivity contribution in [2.45, 2.75) is 22.7 Å². The molecular weight excluding hydrogens is 367 g/mol. The third kappa shape index (κ3) is 3.38. The molecule has 0 aliphatic carbocycles. The van der Waals surface area contributed by atoms with Crippen molar-refractivity contribution < 1.29 is 26.3 Å². The zero-order chi connectivity index (χ0) is 18.9. The molecule has 2 aromatic rings. The van der Waals surface area contributed by atoms with Crippen LogP contribution in [0, 0.1) is 0 Å². The molecule has 0 radical (unpaired) electrons. The molecule has 3 rings (SSSR count). The summed E-state index contributed by atoms with van der Waals surface area (Å²) in [5.41, 5.74) is -4.18. The maximum Gasteiger partial charge on any atom is 0.501 e. The van der Waals surface area contributed by atoms with Gasteiger partial charge in [0.1, 0.15) is 5.75 Å². The molecule has 1 aliphatic rings. The summed E-state index contributed by atoms with van der Waals surface area (Å²) in [6.45, 7) is 0.942.